The van der Waals surface area contributed by atoms with E-state index in [2.05, 4.69) is 15.7 Å². The molecule has 0 aliphatic carbocycles. The van der Waals surface area contributed by atoms with Crippen LogP contribution < -0.4 is 10.6 Å². The van der Waals surface area contributed by atoms with E-state index in [0.29, 0.717) is 22.6 Å². The van der Waals surface area contributed by atoms with Crippen molar-refractivity contribution >= 4 is 17.5 Å². The van der Waals surface area contributed by atoms with Crippen LogP contribution in [0.1, 0.15) is 41.4 Å². The highest BCUT2D eigenvalue weighted by Gasteiger charge is 2.21. The van der Waals surface area contributed by atoms with Gasteiger partial charge in [0.2, 0.25) is 5.91 Å². The number of aryl methyl sites for hydroxylation is 1. The Morgan fingerprint density at radius 3 is 2.38 bits per heavy atom. The smallest absolute Gasteiger partial charge is 0.255 e. The number of halogens is 1. The summed E-state index contributed by atoms with van der Waals surface area (Å²) >= 11 is 0. The Balaban J connectivity index is 1.66. The van der Waals surface area contributed by atoms with Crippen molar-refractivity contribution in [1.29, 1.82) is 0 Å². The van der Waals surface area contributed by atoms with Crippen molar-refractivity contribution in [3.63, 3.8) is 0 Å². The lowest BCUT2D eigenvalue weighted by Crippen LogP contribution is -2.27. The van der Waals surface area contributed by atoms with Gasteiger partial charge in [0, 0.05) is 24.4 Å². The molecule has 0 saturated carbocycles. The van der Waals surface area contributed by atoms with Gasteiger partial charge in [0.1, 0.15) is 11.5 Å². The number of benzene rings is 3. The second kappa shape index (κ2) is 9.70. The Hall–Kier alpha value is -4.26. The third kappa shape index (κ3) is 5.20. The van der Waals surface area contributed by atoms with Gasteiger partial charge in [-0.2, -0.15) is 5.10 Å². The van der Waals surface area contributed by atoms with Crippen LogP contribution in [0.15, 0.2) is 79.0 Å². The fourth-order valence-electron chi connectivity index (χ4n) is 3.64. The van der Waals surface area contributed by atoms with Crippen molar-refractivity contribution < 1.29 is 14.0 Å². The van der Waals surface area contributed by atoms with Crippen molar-refractivity contribution in [2.75, 3.05) is 5.32 Å². The van der Waals surface area contributed by atoms with Crippen LogP contribution in [-0.2, 0) is 4.79 Å². The van der Waals surface area contributed by atoms with Crippen molar-refractivity contribution in [3.05, 3.63) is 102 Å². The largest absolute Gasteiger partial charge is 0.345 e. The number of hydrogen-bond acceptors (Lipinski definition) is 3. The number of carbonyl (C=O) groups excluding carboxylic acids is 2. The van der Waals surface area contributed by atoms with Gasteiger partial charge in [-0.05, 0) is 55.8 Å². The molecular formula is C27H25FN4O2. The molecule has 0 bridgehead atoms. The van der Waals surface area contributed by atoms with E-state index in [0.717, 1.165) is 16.7 Å². The van der Waals surface area contributed by atoms with Crippen LogP contribution in [0.5, 0.6) is 0 Å². The van der Waals surface area contributed by atoms with E-state index in [4.69, 9.17) is 0 Å². The fraction of sp³-hybridized carbons (Fsp3) is 0.148. The van der Waals surface area contributed by atoms with Gasteiger partial charge < -0.3 is 10.6 Å². The first kappa shape index (κ1) is 22.9. The molecule has 0 radical (unpaired) electrons. The fourth-order valence-corrected chi connectivity index (χ4v) is 3.64. The second-order valence-corrected chi connectivity index (χ2v) is 8.18. The van der Waals surface area contributed by atoms with Crippen LogP contribution >= 0.6 is 0 Å². The maximum atomic E-state index is 13.4. The van der Waals surface area contributed by atoms with E-state index in [1.54, 1.807) is 29.1 Å². The predicted molar refractivity (Wildman–Crippen MR) is 130 cm³/mol. The van der Waals surface area contributed by atoms with Crippen LogP contribution in [0.25, 0.3) is 16.9 Å². The number of carbonyl (C=O) groups is 2. The maximum absolute atomic E-state index is 13.4. The molecule has 7 heteroatoms. The zero-order chi connectivity index (χ0) is 24.2. The molecule has 0 spiro atoms. The van der Waals surface area contributed by atoms with Crippen LogP contribution in [0, 0.1) is 12.7 Å². The predicted octanol–water partition coefficient (Wildman–Crippen LogP) is 5.44. The molecule has 2 N–H and O–H groups in total. The number of aromatic nitrogens is 2. The number of nitrogens with zero attached hydrogens (tertiary/aromatic N) is 2. The molecule has 1 unspecified atom stereocenters. The average molecular weight is 457 g/mol. The molecule has 4 rings (SSSR count). The molecule has 0 fully saturated rings. The SMILES string of the molecule is CC(=O)Nc1cccc(C(C)NC(=O)c2cn(-c3ccc(F)cc3)nc2-c2ccc(C)cc2)c1. The number of amides is 2. The summed E-state index contributed by atoms with van der Waals surface area (Å²) in [6.07, 6.45) is 1.65. The lowest BCUT2D eigenvalue weighted by Gasteiger charge is -2.15. The van der Waals surface area contributed by atoms with E-state index in [-0.39, 0.29) is 23.7 Å². The number of rotatable bonds is 6. The van der Waals surface area contributed by atoms with E-state index in [1.807, 2.05) is 56.3 Å². The third-order valence-electron chi connectivity index (χ3n) is 5.43. The molecule has 0 saturated heterocycles. The molecule has 3 aromatic carbocycles. The first-order valence-corrected chi connectivity index (χ1v) is 10.9. The lowest BCUT2D eigenvalue weighted by molar-refractivity contribution is -0.114. The summed E-state index contributed by atoms with van der Waals surface area (Å²) in [6, 6.07) is 20.7. The highest BCUT2D eigenvalue weighted by Crippen LogP contribution is 2.26. The van der Waals surface area contributed by atoms with Gasteiger partial charge >= 0.3 is 0 Å². The molecule has 4 aromatic rings. The van der Waals surface area contributed by atoms with Crippen LogP contribution in [0.3, 0.4) is 0 Å². The Morgan fingerprint density at radius 1 is 1.00 bits per heavy atom. The van der Waals surface area contributed by atoms with Gasteiger partial charge in [0.15, 0.2) is 0 Å². The summed E-state index contributed by atoms with van der Waals surface area (Å²) in [7, 11) is 0. The minimum Gasteiger partial charge on any atom is -0.345 e. The molecule has 0 aliphatic rings. The molecule has 2 amide bonds. The minimum absolute atomic E-state index is 0.162. The molecule has 34 heavy (non-hydrogen) atoms. The second-order valence-electron chi connectivity index (χ2n) is 8.18. The molecule has 6 nitrogen and oxygen atoms in total. The number of anilines is 1. The normalized spacial score (nSPS) is 11.6. The van der Waals surface area contributed by atoms with Gasteiger partial charge in [-0.3, -0.25) is 9.59 Å². The Bertz CT molecular complexity index is 1330. The van der Waals surface area contributed by atoms with E-state index in [1.165, 1.54) is 19.1 Å². The highest BCUT2D eigenvalue weighted by atomic mass is 19.1. The number of nitrogens with one attached hydrogen (secondary N) is 2. The Morgan fingerprint density at radius 2 is 1.71 bits per heavy atom. The minimum atomic E-state index is -0.344. The molecule has 1 aromatic heterocycles. The summed E-state index contributed by atoms with van der Waals surface area (Å²) in [5.74, 6) is -0.797. The standard InChI is InChI=1S/C27H25FN4O2/c1-17-7-9-20(10-8-17)26-25(16-32(31-26)24-13-11-22(28)12-14-24)27(34)29-18(2)21-5-4-6-23(15-21)30-19(3)33/h4-16,18H,1-3H3,(H,29,34)(H,30,33). The summed E-state index contributed by atoms with van der Waals surface area (Å²) in [5.41, 5.74) is 4.99. The van der Waals surface area contributed by atoms with Crippen molar-refractivity contribution in [2.45, 2.75) is 26.8 Å². The van der Waals surface area contributed by atoms with Crippen LogP contribution in [0.4, 0.5) is 10.1 Å². The first-order valence-electron chi connectivity index (χ1n) is 10.9. The Labute approximate surface area is 197 Å². The zero-order valence-corrected chi connectivity index (χ0v) is 19.2. The van der Waals surface area contributed by atoms with Crippen molar-refractivity contribution in [1.82, 2.24) is 15.1 Å². The molecule has 0 aliphatic heterocycles. The van der Waals surface area contributed by atoms with Gasteiger partial charge in [-0.15, -0.1) is 0 Å². The lowest BCUT2D eigenvalue weighted by atomic mass is 10.0. The highest BCUT2D eigenvalue weighted by molar-refractivity contribution is 6.00. The summed E-state index contributed by atoms with van der Waals surface area (Å²) in [4.78, 5) is 24.7. The monoisotopic (exact) mass is 456 g/mol. The van der Waals surface area contributed by atoms with Crippen molar-refractivity contribution in [2.24, 2.45) is 0 Å². The molecular weight excluding hydrogens is 431 g/mol. The van der Waals surface area contributed by atoms with Crippen LogP contribution in [0.2, 0.25) is 0 Å². The third-order valence-corrected chi connectivity index (χ3v) is 5.43. The van der Waals surface area contributed by atoms with E-state index >= 15 is 0 Å². The van der Waals surface area contributed by atoms with Gasteiger partial charge in [-0.1, -0.05) is 42.0 Å². The van der Waals surface area contributed by atoms with E-state index < -0.39 is 0 Å². The first-order chi connectivity index (χ1) is 16.3. The zero-order valence-electron chi connectivity index (χ0n) is 19.2. The number of hydrogen-bond donors (Lipinski definition) is 2. The summed E-state index contributed by atoms with van der Waals surface area (Å²) in [5, 5.41) is 10.4. The maximum Gasteiger partial charge on any atom is 0.255 e. The van der Waals surface area contributed by atoms with Crippen molar-refractivity contribution in [3.8, 4) is 16.9 Å². The summed E-state index contributed by atoms with van der Waals surface area (Å²) < 4.78 is 15.0. The quantitative estimate of drug-likeness (QED) is 0.406. The molecule has 172 valence electrons. The van der Waals surface area contributed by atoms with E-state index in [9.17, 15) is 14.0 Å². The molecule has 1 atom stereocenters. The van der Waals surface area contributed by atoms with Gasteiger partial charge in [0.25, 0.3) is 5.91 Å². The molecule has 1 heterocycles. The average Bonchev–Trinajstić information content (AvgIpc) is 3.25. The Kier molecular flexibility index (Phi) is 6.54. The van der Waals surface area contributed by atoms with Crippen LogP contribution in [-0.4, -0.2) is 21.6 Å². The van der Waals surface area contributed by atoms with Gasteiger partial charge in [-0.25, -0.2) is 9.07 Å². The summed E-state index contributed by atoms with van der Waals surface area (Å²) in [6.45, 7) is 5.31. The van der Waals surface area contributed by atoms with Gasteiger partial charge in [0.05, 0.1) is 17.3 Å². The topological polar surface area (TPSA) is 76.0 Å².